The average Bonchev–Trinajstić information content (AvgIpc) is 2.01. The van der Waals surface area contributed by atoms with Gasteiger partial charge in [-0.1, -0.05) is 11.6 Å². The molecule has 0 radical (unpaired) electrons. The summed E-state index contributed by atoms with van der Waals surface area (Å²) in [4.78, 5) is 21.4. The minimum Gasteiger partial charge on any atom is -0.478 e. The molecule has 0 saturated carbocycles. The molecule has 1 N–H and O–H groups in total. The normalized spacial score (nSPS) is 21.1. The van der Waals surface area contributed by atoms with Gasteiger partial charge < -0.3 is 9.84 Å². The average molecular weight is 191 g/mol. The van der Waals surface area contributed by atoms with Crippen LogP contribution in [0.5, 0.6) is 0 Å². The van der Waals surface area contributed by atoms with Gasteiger partial charge in [0.2, 0.25) is 0 Å². The van der Waals surface area contributed by atoms with Gasteiger partial charge in [-0.3, -0.25) is 0 Å². The van der Waals surface area contributed by atoms with Crippen molar-refractivity contribution in [3.05, 3.63) is 10.6 Å². The Morgan fingerprint density at radius 1 is 1.58 bits per heavy atom. The maximum Gasteiger partial charge on any atom is 0.351 e. The monoisotopic (exact) mass is 190 g/mol. The number of carbonyl (C=O) groups is 2. The summed E-state index contributed by atoms with van der Waals surface area (Å²) >= 11 is 5.43. The molecule has 1 aliphatic rings. The number of rotatable bonds is 1. The Hall–Kier alpha value is -1.03. The Morgan fingerprint density at radius 3 is 2.25 bits per heavy atom. The summed E-state index contributed by atoms with van der Waals surface area (Å²) in [7, 11) is 0. The predicted octanol–water partition coefficient (Wildman–Crippen LogP) is 0.899. The van der Waals surface area contributed by atoms with Crippen LogP contribution in [-0.2, 0) is 14.3 Å². The molecule has 0 spiro atoms. The van der Waals surface area contributed by atoms with Crippen molar-refractivity contribution in [2.75, 3.05) is 0 Å². The van der Waals surface area contributed by atoms with Crippen LogP contribution in [0, 0.1) is 0 Å². The van der Waals surface area contributed by atoms with Gasteiger partial charge in [0.05, 0.1) is 0 Å². The number of carboxylic acids is 1. The maximum absolute atomic E-state index is 10.8. The SMILES string of the molecule is CC1(C)OC(=O)C(Cl)=C1C(=O)O. The third-order valence-electron chi connectivity index (χ3n) is 1.56. The molecule has 0 aromatic carbocycles. The van der Waals surface area contributed by atoms with E-state index in [2.05, 4.69) is 0 Å². The van der Waals surface area contributed by atoms with E-state index in [4.69, 9.17) is 21.4 Å². The van der Waals surface area contributed by atoms with Crippen LogP contribution in [-0.4, -0.2) is 22.6 Å². The summed E-state index contributed by atoms with van der Waals surface area (Å²) in [5.41, 5.74) is -1.31. The largest absolute Gasteiger partial charge is 0.478 e. The van der Waals surface area contributed by atoms with Crippen molar-refractivity contribution in [2.24, 2.45) is 0 Å². The second-order valence-electron chi connectivity index (χ2n) is 2.89. The minimum atomic E-state index is -1.23. The fraction of sp³-hybridized carbons (Fsp3) is 0.429. The highest BCUT2D eigenvalue weighted by Gasteiger charge is 2.43. The van der Waals surface area contributed by atoms with Crippen LogP contribution in [0.1, 0.15) is 13.8 Å². The number of hydrogen-bond acceptors (Lipinski definition) is 3. The van der Waals surface area contributed by atoms with Crippen molar-refractivity contribution in [2.45, 2.75) is 19.4 Å². The minimum absolute atomic E-state index is 0.186. The number of halogens is 1. The van der Waals surface area contributed by atoms with Gasteiger partial charge in [-0.05, 0) is 13.8 Å². The zero-order chi connectivity index (χ0) is 9.52. The van der Waals surface area contributed by atoms with Gasteiger partial charge in [-0.25, -0.2) is 9.59 Å². The van der Waals surface area contributed by atoms with Crippen molar-refractivity contribution in [1.29, 1.82) is 0 Å². The van der Waals surface area contributed by atoms with E-state index in [1.807, 2.05) is 0 Å². The van der Waals surface area contributed by atoms with E-state index in [1.54, 1.807) is 0 Å². The first-order valence-corrected chi connectivity index (χ1v) is 3.61. The molecule has 0 amide bonds. The van der Waals surface area contributed by atoms with Crippen molar-refractivity contribution >= 4 is 23.5 Å². The van der Waals surface area contributed by atoms with Crippen LogP contribution in [0.2, 0.25) is 0 Å². The Morgan fingerprint density at radius 2 is 2.08 bits per heavy atom. The number of aliphatic carboxylic acids is 1. The molecule has 0 aromatic heterocycles. The summed E-state index contributed by atoms with van der Waals surface area (Å²) in [5.74, 6) is -2.00. The third kappa shape index (κ3) is 1.18. The van der Waals surface area contributed by atoms with Gasteiger partial charge in [0.1, 0.15) is 16.2 Å². The van der Waals surface area contributed by atoms with Crippen LogP contribution in [0.3, 0.4) is 0 Å². The van der Waals surface area contributed by atoms with Gasteiger partial charge in [-0.2, -0.15) is 0 Å². The molecule has 0 unspecified atom stereocenters. The Bertz CT molecular complexity index is 290. The summed E-state index contributed by atoms with van der Waals surface area (Å²) in [6.07, 6.45) is 0. The lowest BCUT2D eigenvalue weighted by Crippen LogP contribution is -2.27. The van der Waals surface area contributed by atoms with Crippen molar-refractivity contribution in [1.82, 2.24) is 0 Å². The molecule has 0 atom stereocenters. The molecule has 0 aromatic rings. The molecule has 0 saturated heterocycles. The molecule has 5 heteroatoms. The molecule has 0 bridgehead atoms. The zero-order valence-corrected chi connectivity index (χ0v) is 7.31. The highest BCUT2D eigenvalue weighted by Crippen LogP contribution is 2.34. The first-order valence-electron chi connectivity index (χ1n) is 3.23. The van der Waals surface area contributed by atoms with E-state index in [0.717, 1.165) is 0 Å². The zero-order valence-electron chi connectivity index (χ0n) is 6.55. The topological polar surface area (TPSA) is 63.6 Å². The summed E-state index contributed by atoms with van der Waals surface area (Å²) in [6.45, 7) is 2.95. The van der Waals surface area contributed by atoms with Crippen LogP contribution in [0.25, 0.3) is 0 Å². The molecule has 12 heavy (non-hydrogen) atoms. The number of carbonyl (C=O) groups excluding carboxylic acids is 1. The van der Waals surface area contributed by atoms with Crippen LogP contribution >= 0.6 is 11.6 Å². The van der Waals surface area contributed by atoms with Crippen LogP contribution in [0.4, 0.5) is 0 Å². The smallest absolute Gasteiger partial charge is 0.351 e. The highest BCUT2D eigenvalue weighted by atomic mass is 35.5. The molecule has 1 aliphatic heterocycles. The molecular formula is C7H7ClO4. The quantitative estimate of drug-likeness (QED) is 0.624. The number of cyclic esters (lactones) is 1. The van der Waals surface area contributed by atoms with E-state index < -0.39 is 17.5 Å². The number of esters is 1. The van der Waals surface area contributed by atoms with Crippen LogP contribution in [0.15, 0.2) is 10.6 Å². The molecule has 66 valence electrons. The van der Waals surface area contributed by atoms with Crippen molar-refractivity contribution < 1.29 is 19.4 Å². The molecule has 1 heterocycles. The lowest BCUT2D eigenvalue weighted by atomic mass is 10.00. The molecule has 0 fully saturated rings. The summed E-state index contributed by atoms with van der Waals surface area (Å²) in [5, 5.41) is 8.32. The fourth-order valence-electron chi connectivity index (χ4n) is 1.05. The van der Waals surface area contributed by atoms with Crippen molar-refractivity contribution in [3.8, 4) is 0 Å². The van der Waals surface area contributed by atoms with Gasteiger partial charge in [0.25, 0.3) is 0 Å². The Balaban J connectivity index is 3.22. The second-order valence-corrected chi connectivity index (χ2v) is 3.27. The number of ether oxygens (including phenoxy) is 1. The highest BCUT2D eigenvalue weighted by molar-refractivity contribution is 6.44. The molecule has 4 nitrogen and oxygen atoms in total. The lowest BCUT2D eigenvalue weighted by Gasteiger charge is -2.17. The fourth-order valence-corrected chi connectivity index (χ4v) is 1.39. The Kier molecular flexibility index (Phi) is 1.88. The first kappa shape index (κ1) is 9.06. The van der Waals surface area contributed by atoms with E-state index in [9.17, 15) is 9.59 Å². The maximum atomic E-state index is 10.8. The van der Waals surface area contributed by atoms with E-state index in [-0.39, 0.29) is 10.6 Å². The van der Waals surface area contributed by atoms with Crippen LogP contribution < -0.4 is 0 Å². The lowest BCUT2D eigenvalue weighted by molar-refractivity contribution is -0.145. The number of hydrogen-bond donors (Lipinski definition) is 1. The second kappa shape index (κ2) is 2.48. The Labute approximate surface area is 73.8 Å². The molecular weight excluding hydrogens is 184 g/mol. The van der Waals surface area contributed by atoms with Gasteiger partial charge in [0, 0.05) is 0 Å². The molecule has 1 rings (SSSR count). The van der Waals surface area contributed by atoms with Gasteiger partial charge in [-0.15, -0.1) is 0 Å². The van der Waals surface area contributed by atoms with E-state index in [0.29, 0.717) is 0 Å². The standard InChI is InChI=1S/C7H7ClO4/c1-7(2)3(5(9)10)4(8)6(11)12-7/h1-2H3,(H,9,10). The van der Waals surface area contributed by atoms with Gasteiger partial charge in [0.15, 0.2) is 0 Å². The van der Waals surface area contributed by atoms with Gasteiger partial charge >= 0.3 is 11.9 Å². The van der Waals surface area contributed by atoms with E-state index in [1.165, 1.54) is 13.8 Å². The van der Waals surface area contributed by atoms with E-state index >= 15 is 0 Å². The van der Waals surface area contributed by atoms with Crippen molar-refractivity contribution in [3.63, 3.8) is 0 Å². The summed E-state index contributed by atoms with van der Waals surface area (Å²) < 4.78 is 4.71. The third-order valence-corrected chi connectivity index (χ3v) is 1.91. The predicted molar refractivity (Wildman–Crippen MR) is 40.7 cm³/mol. The first-order chi connectivity index (χ1) is 5.36. The number of carboxylic acid groups (broad SMARTS) is 1. The molecule has 0 aliphatic carbocycles. The summed E-state index contributed by atoms with van der Waals surface area (Å²) in [6, 6.07) is 0.